The summed E-state index contributed by atoms with van der Waals surface area (Å²) in [5.74, 6) is -0.0927. The lowest BCUT2D eigenvalue weighted by atomic mass is 10.2. The van der Waals surface area contributed by atoms with Crippen molar-refractivity contribution < 1.29 is 42.1 Å². The molecule has 0 saturated carbocycles. The molecule has 6 heterocycles. The van der Waals surface area contributed by atoms with Crippen molar-refractivity contribution in [2.45, 2.75) is 49.8 Å². The van der Waals surface area contributed by atoms with Crippen LogP contribution in [0.25, 0.3) is 22.3 Å². The Morgan fingerprint density at radius 1 is 1.05 bits per heavy atom. The van der Waals surface area contributed by atoms with Gasteiger partial charge in [-0.05, 0) is 23.6 Å². The summed E-state index contributed by atoms with van der Waals surface area (Å²) in [5, 5.41) is 7.72. The highest BCUT2D eigenvalue weighted by molar-refractivity contribution is 8.07. The molecular formula is C19H24FN11O9P2S2. The highest BCUT2D eigenvalue weighted by Gasteiger charge is 2.44. The fourth-order valence-electron chi connectivity index (χ4n) is 4.83. The largest absolute Gasteiger partial charge is 0.382 e. The monoisotopic (exact) mass is 695 g/mol. The molecule has 20 nitrogen and oxygen atoms in total. The Kier molecular flexibility index (Phi) is 8.49. The number of nitrogens with zero attached hydrogens (tertiary/aromatic N) is 8. The maximum absolute atomic E-state index is 15.0. The first-order chi connectivity index (χ1) is 20.8. The molecule has 7 atom stereocenters. The van der Waals surface area contributed by atoms with Gasteiger partial charge in [0.05, 0.1) is 31.7 Å². The van der Waals surface area contributed by atoms with Gasteiger partial charge in [0.1, 0.15) is 24.1 Å². The average Bonchev–Trinajstić information content (AvgIpc) is 3.71. The topological polar surface area (TPSA) is 279 Å². The maximum Gasteiger partial charge on any atom is 0.325 e. The van der Waals surface area contributed by atoms with Gasteiger partial charge in [0.25, 0.3) is 5.56 Å². The van der Waals surface area contributed by atoms with Crippen LogP contribution >= 0.6 is 13.4 Å². The second-order valence-electron chi connectivity index (χ2n) is 9.72. The van der Waals surface area contributed by atoms with E-state index in [2.05, 4.69) is 47.0 Å². The summed E-state index contributed by atoms with van der Waals surface area (Å²) in [7, 11) is 0. The average molecular weight is 696 g/mol. The number of anilines is 2. The Bertz CT molecular complexity index is 1860. The lowest BCUT2D eigenvalue weighted by molar-refractivity contribution is -0.0552. The van der Waals surface area contributed by atoms with E-state index in [1.54, 1.807) is 0 Å². The van der Waals surface area contributed by atoms with E-state index in [1.807, 2.05) is 0 Å². The minimum Gasteiger partial charge on any atom is -0.382 e. The molecule has 2 saturated heterocycles. The van der Waals surface area contributed by atoms with Gasteiger partial charge in [-0.25, -0.2) is 19.3 Å². The lowest BCUT2D eigenvalue weighted by Gasteiger charge is -2.24. The number of nitrogens with two attached hydrogens (primary N) is 2. The van der Waals surface area contributed by atoms with Crippen LogP contribution in [0.15, 0.2) is 17.4 Å². The Morgan fingerprint density at radius 3 is 2.55 bits per heavy atom. The first kappa shape index (κ1) is 31.3. The quantitative estimate of drug-likeness (QED) is 0.112. The normalized spacial score (nSPS) is 27.4. The van der Waals surface area contributed by atoms with Gasteiger partial charge in [-0.15, -0.1) is 5.10 Å². The first-order valence-electron chi connectivity index (χ1n) is 12.6. The Morgan fingerprint density at radius 2 is 1.77 bits per heavy atom. The molecule has 238 valence electrons. The van der Waals surface area contributed by atoms with E-state index in [0.29, 0.717) is 5.52 Å². The standard InChI is InChI=1S/C19H24FN11O9P2S2/c20-9-1-7(38-17(9)30-6-25-11-13(21)23-5-24-14(11)30)4-37-42(35,44)40-10-2-8(3-36-41(33,34)43)39-18(10)31-15-12(28-29-31)16(32)27-19(22)26-15/h5-10,17-18H,1-4H2,(H,35,44)(H2,21,23,24)(H2,33,34,43)(H3,22,26,27,32)/t7-,8-,9-,10?,17+,18+,42?/m0/s1. The lowest BCUT2D eigenvalue weighted by Crippen LogP contribution is -2.25. The van der Waals surface area contributed by atoms with Crippen molar-refractivity contribution in [3.05, 3.63) is 23.0 Å². The van der Waals surface area contributed by atoms with Gasteiger partial charge in [0, 0.05) is 12.8 Å². The maximum atomic E-state index is 15.0. The SMILES string of the molecule is Nc1nc2c(nnn2[C@@H]2O[C@H](COP(O)(O)=S)CC2OP(O)(=S)OC[C@@H]2C[C@H](F)[C@H](n3cnc4c(N)ncnc43)O2)c(=O)[nH]1. The zero-order chi connectivity index (χ0) is 31.4. The molecule has 2 fully saturated rings. The first-order valence-corrected chi connectivity index (χ1v) is 17.8. The summed E-state index contributed by atoms with van der Waals surface area (Å²) >= 11 is 9.72. The number of rotatable bonds is 10. The van der Waals surface area contributed by atoms with Crippen LogP contribution in [0.1, 0.15) is 25.3 Å². The Labute approximate surface area is 255 Å². The molecule has 0 aromatic carbocycles. The predicted molar refractivity (Wildman–Crippen MR) is 154 cm³/mol. The minimum absolute atomic E-state index is 0.0322. The summed E-state index contributed by atoms with van der Waals surface area (Å²) in [5.41, 5.74) is 11.2. The molecule has 2 aliphatic heterocycles. The van der Waals surface area contributed by atoms with Gasteiger partial charge >= 0.3 is 13.4 Å². The molecule has 0 aliphatic carbocycles. The molecule has 0 bridgehead atoms. The molecule has 6 rings (SSSR count). The van der Waals surface area contributed by atoms with Gasteiger partial charge < -0.3 is 49.2 Å². The van der Waals surface area contributed by atoms with Crippen LogP contribution < -0.4 is 17.0 Å². The van der Waals surface area contributed by atoms with Crippen molar-refractivity contribution >= 4 is 71.1 Å². The van der Waals surface area contributed by atoms with Crippen LogP contribution in [0.5, 0.6) is 0 Å². The molecule has 0 radical (unpaired) electrons. The molecule has 4 aromatic rings. The van der Waals surface area contributed by atoms with Crippen LogP contribution in [-0.4, -0.2) is 96.9 Å². The third-order valence-corrected chi connectivity index (χ3v) is 9.04. The second kappa shape index (κ2) is 11.9. The second-order valence-corrected chi connectivity index (χ2v) is 15.2. The van der Waals surface area contributed by atoms with E-state index < -0.39 is 55.9 Å². The third-order valence-electron chi connectivity index (χ3n) is 6.65. The van der Waals surface area contributed by atoms with Gasteiger partial charge in [-0.1, -0.05) is 5.21 Å². The predicted octanol–water partition coefficient (Wildman–Crippen LogP) is -0.724. The molecular weight excluding hydrogens is 671 g/mol. The van der Waals surface area contributed by atoms with Crippen molar-refractivity contribution in [2.75, 3.05) is 24.7 Å². The van der Waals surface area contributed by atoms with Crippen molar-refractivity contribution in [1.82, 2.24) is 44.5 Å². The van der Waals surface area contributed by atoms with E-state index in [4.69, 9.17) is 46.3 Å². The summed E-state index contributed by atoms with van der Waals surface area (Å²) < 4.78 is 45.5. The molecule has 0 spiro atoms. The molecule has 2 aliphatic rings. The van der Waals surface area contributed by atoms with Gasteiger partial charge in [-0.3, -0.25) is 14.3 Å². The number of ether oxygens (including phenoxy) is 2. The molecule has 44 heavy (non-hydrogen) atoms. The fourth-order valence-corrected chi connectivity index (χ4v) is 6.84. The molecule has 0 amide bonds. The van der Waals surface area contributed by atoms with Crippen LogP contribution in [-0.2, 0) is 46.7 Å². The number of nitrogens with one attached hydrogen (secondary N) is 1. The Balaban J connectivity index is 1.16. The zero-order valence-corrected chi connectivity index (χ0v) is 25.5. The fraction of sp³-hybridized carbons (Fsp3) is 0.526. The zero-order valence-electron chi connectivity index (χ0n) is 22.1. The number of H-pyrrole nitrogens is 1. The van der Waals surface area contributed by atoms with Gasteiger partial charge in [0.15, 0.2) is 35.1 Å². The highest BCUT2D eigenvalue weighted by atomic mass is 32.5. The number of hydrogen-bond donors (Lipinski definition) is 6. The van der Waals surface area contributed by atoms with Gasteiger partial charge in [0.2, 0.25) is 5.95 Å². The summed E-state index contributed by atoms with van der Waals surface area (Å²) in [6.07, 6.45) is -4.16. The number of aromatic amines is 1. The van der Waals surface area contributed by atoms with Crippen LogP contribution in [0, 0.1) is 0 Å². The van der Waals surface area contributed by atoms with Crippen molar-refractivity contribution in [3.63, 3.8) is 0 Å². The molecule has 4 aromatic heterocycles. The van der Waals surface area contributed by atoms with E-state index in [-0.39, 0.29) is 54.6 Å². The summed E-state index contributed by atoms with van der Waals surface area (Å²) in [6.45, 7) is -8.80. The molecule has 8 N–H and O–H groups in total. The Hall–Kier alpha value is -2.66. The van der Waals surface area contributed by atoms with Crippen molar-refractivity contribution in [3.8, 4) is 0 Å². The minimum atomic E-state index is -4.07. The van der Waals surface area contributed by atoms with Crippen LogP contribution in [0.2, 0.25) is 0 Å². The number of aromatic nitrogens is 9. The van der Waals surface area contributed by atoms with Crippen molar-refractivity contribution in [2.24, 2.45) is 0 Å². The smallest absolute Gasteiger partial charge is 0.325 e. The highest BCUT2D eigenvalue weighted by Crippen LogP contribution is 2.50. The van der Waals surface area contributed by atoms with E-state index in [0.717, 1.165) is 4.68 Å². The molecule has 2 unspecified atom stereocenters. The number of alkyl halides is 1. The molecule has 25 heteroatoms. The third kappa shape index (κ3) is 6.50. The van der Waals surface area contributed by atoms with Crippen molar-refractivity contribution in [1.29, 1.82) is 0 Å². The van der Waals surface area contributed by atoms with Crippen LogP contribution in [0.4, 0.5) is 16.2 Å². The van der Waals surface area contributed by atoms with Gasteiger partial charge in [-0.2, -0.15) is 9.67 Å². The number of hydrogen-bond acceptors (Lipinski definition) is 16. The number of halogens is 1. The van der Waals surface area contributed by atoms with E-state index >= 15 is 4.39 Å². The van der Waals surface area contributed by atoms with Crippen LogP contribution in [0.3, 0.4) is 0 Å². The summed E-state index contributed by atoms with van der Waals surface area (Å²) in [6, 6.07) is 0. The van der Waals surface area contributed by atoms with E-state index in [9.17, 15) is 19.5 Å². The number of nitrogen functional groups attached to an aromatic ring is 2. The van der Waals surface area contributed by atoms with E-state index in [1.165, 1.54) is 17.2 Å². The summed E-state index contributed by atoms with van der Waals surface area (Å²) in [4.78, 5) is 60.6. The number of fused-ring (bicyclic) bond motifs is 2. The number of imidazole rings is 1.